The van der Waals surface area contributed by atoms with Gasteiger partial charge < -0.3 is 5.32 Å². The van der Waals surface area contributed by atoms with Crippen LogP contribution in [-0.2, 0) is 11.2 Å². The summed E-state index contributed by atoms with van der Waals surface area (Å²) in [4.78, 5) is 12.3. The molecule has 5 nitrogen and oxygen atoms in total. The molecule has 0 aliphatic carbocycles. The number of nitrogens with zero attached hydrogens (tertiary/aromatic N) is 3. The van der Waals surface area contributed by atoms with Gasteiger partial charge in [-0.3, -0.25) is 9.36 Å². The van der Waals surface area contributed by atoms with Crippen molar-refractivity contribution in [3.05, 3.63) is 63.3 Å². The number of anilines is 1. The normalized spacial score (nSPS) is 10.8. The highest BCUT2D eigenvalue weighted by molar-refractivity contribution is 9.10. The average Bonchev–Trinajstić information content (AvgIpc) is 3.03. The second-order valence-corrected chi connectivity index (χ2v) is 8.11. The van der Waals surface area contributed by atoms with Crippen molar-refractivity contribution < 1.29 is 4.79 Å². The number of aryl methyl sites for hydroxylation is 2. The SMILES string of the molecule is CCc1ccc(-n2c(C)nnc2SCC(=O)Nc2ccc(Br)cc2Cl)cc1. The van der Waals surface area contributed by atoms with Gasteiger partial charge in [-0.2, -0.15) is 0 Å². The molecule has 0 radical (unpaired) electrons. The van der Waals surface area contributed by atoms with Crippen molar-refractivity contribution in [2.45, 2.75) is 25.4 Å². The van der Waals surface area contributed by atoms with Crippen molar-refractivity contribution >= 4 is 50.9 Å². The molecule has 1 aromatic heterocycles. The molecule has 0 spiro atoms. The Labute approximate surface area is 175 Å². The maximum Gasteiger partial charge on any atom is 0.234 e. The summed E-state index contributed by atoms with van der Waals surface area (Å²) in [7, 11) is 0. The zero-order valence-corrected chi connectivity index (χ0v) is 18.0. The smallest absolute Gasteiger partial charge is 0.234 e. The van der Waals surface area contributed by atoms with Crippen LogP contribution in [0.1, 0.15) is 18.3 Å². The largest absolute Gasteiger partial charge is 0.324 e. The number of aromatic nitrogens is 3. The lowest BCUT2D eigenvalue weighted by Gasteiger charge is -2.10. The minimum atomic E-state index is -0.155. The molecular formula is C19H18BrClN4OS. The van der Waals surface area contributed by atoms with Gasteiger partial charge in [-0.15, -0.1) is 10.2 Å². The number of nitrogens with one attached hydrogen (secondary N) is 1. The Morgan fingerprint density at radius 1 is 1.22 bits per heavy atom. The first-order valence-corrected chi connectivity index (χ1v) is 10.5. The van der Waals surface area contributed by atoms with Gasteiger partial charge in [0.2, 0.25) is 5.91 Å². The van der Waals surface area contributed by atoms with E-state index >= 15 is 0 Å². The standard InChI is InChI=1S/C19H18BrClN4OS/c1-3-13-4-7-15(8-5-13)25-12(2)23-24-19(25)27-11-18(26)22-17-9-6-14(20)10-16(17)21/h4-10H,3,11H2,1-2H3,(H,22,26). The molecule has 1 N–H and O–H groups in total. The Kier molecular flexibility index (Phi) is 6.57. The highest BCUT2D eigenvalue weighted by Crippen LogP contribution is 2.27. The number of thioether (sulfide) groups is 1. The number of carbonyl (C=O) groups excluding carboxylic acids is 1. The van der Waals surface area contributed by atoms with Gasteiger partial charge in [-0.25, -0.2) is 0 Å². The van der Waals surface area contributed by atoms with Crippen molar-refractivity contribution in [2.24, 2.45) is 0 Å². The van der Waals surface area contributed by atoms with Gasteiger partial charge in [0.1, 0.15) is 5.82 Å². The van der Waals surface area contributed by atoms with Gasteiger partial charge in [0.15, 0.2) is 5.16 Å². The minimum absolute atomic E-state index is 0.155. The second-order valence-electron chi connectivity index (χ2n) is 5.85. The Balaban J connectivity index is 1.70. The highest BCUT2D eigenvalue weighted by atomic mass is 79.9. The molecule has 0 aliphatic rings. The number of benzene rings is 2. The lowest BCUT2D eigenvalue weighted by molar-refractivity contribution is -0.113. The Morgan fingerprint density at radius 3 is 2.63 bits per heavy atom. The number of hydrogen-bond donors (Lipinski definition) is 1. The molecule has 1 amide bonds. The van der Waals surface area contributed by atoms with Crippen LogP contribution in [0.4, 0.5) is 5.69 Å². The summed E-state index contributed by atoms with van der Waals surface area (Å²) >= 11 is 10.8. The van der Waals surface area contributed by atoms with E-state index in [4.69, 9.17) is 11.6 Å². The van der Waals surface area contributed by atoms with Crippen LogP contribution in [0.3, 0.4) is 0 Å². The summed E-state index contributed by atoms with van der Waals surface area (Å²) < 4.78 is 2.81. The monoisotopic (exact) mass is 464 g/mol. The lowest BCUT2D eigenvalue weighted by Crippen LogP contribution is -2.15. The van der Waals surface area contributed by atoms with Crippen LogP contribution in [0.5, 0.6) is 0 Å². The van der Waals surface area contributed by atoms with Crippen LogP contribution in [0.25, 0.3) is 5.69 Å². The Morgan fingerprint density at radius 2 is 1.96 bits per heavy atom. The van der Waals surface area contributed by atoms with Gasteiger partial charge >= 0.3 is 0 Å². The van der Waals surface area contributed by atoms with Gasteiger partial charge in [0, 0.05) is 10.2 Å². The number of carbonyl (C=O) groups is 1. The maximum atomic E-state index is 12.3. The molecule has 140 valence electrons. The number of hydrogen-bond acceptors (Lipinski definition) is 4. The van der Waals surface area contributed by atoms with Gasteiger partial charge in [-0.1, -0.05) is 58.3 Å². The number of amides is 1. The topological polar surface area (TPSA) is 59.8 Å². The summed E-state index contributed by atoms with van der Waals surface area (Å²) in [6.45, 7) is 4.02. The summed E-state index contributed by atoms with van der Waals surface area (Å²) in [5.41, 5.74) is 2.83. The molecular weight excluding hydrogens is 448 g/mol. The number of rotatable bonds is 6. The van der Waals surface area contributed by atoms with Crippen molar-refractivity contribution in [3.8, 4) is 5.69 Å². The van der Waals surface area contributed by atoms with E-state index in [0.29, 0.717) is 15.9 Å². The first-order valence-electron chi connectivity index (χ1n) is 8.37. The third-order valence-electron chi connectivity index (χ3n) is 3.94. The van der Waals surface area contributed by atoms with Crippen molar-refractivity contribution in [3.63, 3.8) is 0 Å². The molecule has 0 saturated heterocycles. The molecule has 0 unspecified atom stereocenters. The third kappa shape index (κ3) is 4.91. The van der Waals surface area contributed by atoms with Crippen LogP contribution in [-0.4, -0.2) is 26.4 Å². The van der Waals surface area contributed by atoms with Gasteiger partial charge in [0.05, 0.1) is 16.5 Å². The van der Waals surface area contributed by atoms with Crippen LogP contribution in [0.15, 0.2) is 52.1 Å². The predicted molar refractivity (Wildman–Crippen MR) is 114 cm³/mol. The van der Waals surface area contributed by atoms with Crippen LogP contribution < -0.4 is 5.32 Å². The van der Waals surface area contributed by atoms with E-state index in [9.17, 15) is 4.79 Å². The third-order valence-corrected chi connectivity index (χ3v) is 5.67. The molecule has 2 aromatic carbocycles. The summed E-state index contributed by atoms with van der Waals surface area (Å²) in [6.07, 6.45) is 0.988. The fourth-order valence-electron chi connectivity index (χ4n) is 2.52. The summed E-state index contributed by atoms with van der Waals surface area (Å²) in [6, 6.07) is 13.6. The van der Waals surface area contributed by atoms with E-state index < -0.39 is 0 Å². The van der Waals surface area contributed by atoms with Gasteiger partial charge in [0.25, 0.3) is 0 Å². The second kappa shape index (κ2) is 8.91. The molecule has 0 aliphatic heterocycles. The van der Waals surface area contributed by atoms with Crippen molar-refractivity contribution in [2.75, 3.05) is 11.1 Å². The van der Waals surface area contributed by atoms with E-state index in [2.05, 4.69) is 50.5 Å². The molecule has 0 atom stereocenters. The van der Waals surface area contributed by atoms with Crippen molar-refractivity contribution in [1.82, 2.24) is 14.8 Å². The summed E-state index contributed by atoms with van der Waals surface area (Å²) in [5.74, 6) is 0.827. The zero-order valence-electron chi connectivity index (χ0n) is 14.9. The van der Waals surface area contributed by atoms with E-state index in [1.165, 1.54) is 17.3 Å². The lowest BCUT2D eigenvalue weighted by atomic mass is 10.1. The van der Waals surface area contributed by atoms with Crippen LogP contribution in [0.2, 0.25) is 5.02 Å². The molecule has 27 heavy (non-hydrogen) atoms. The fraction of sp³-hybridized carbons (Fsp3) is 0.211. The highest BCUT2D eigenvalue weighted by Gasteiger charge is 2.14. The van der Waals surface area contributed by atoms with E-state index in [1.807, 2.05) is 29.7 Å². The van der Waals surface area contributed by atoms with Crippen LogP contribution >= 0.6 is 39.3 Å². The zero-order chi connectivity index (χ0) is 19.4. The Hall–Kier alpha value is -1.83. The first kappa shape index (κ1) is 19.9. The molecule has 1 heterocycles. The van der Waals surface area contributed by atoms with E-state index in [0.717, 1.165) is 22.4 Å². The van der Waals surface area contributed by atoms with E-state index in [1.54, 1.807) is 12.1 Å². The number of halogens is 2. The molecule has 3 aromatic rings. The molecule has 0 bridgehead atoms. The molecule has 8 heteroatoms. The van der Waals surface area contributed by atoms with Crippen LogP contribution in [0, 0.1) is 6.92 Å². The molecule has 0 fully saturated rings. The average molecular weight is 466 g/mol. The Bertz CT molecular complexity index is 959. The molecule has 0 saturated carbocycles. The first-order chi connectivity index (χ1) is 13.0. The predicted octanol–water partition coefficient (Wildman–Crippen LogP) is 5.28. The fourth-order valence-corrected chi connectivity index (χ4v) is 4.04. The summed E-state index contributed by atoms with van der Waals surface area (Å²) in [5, 5.41) is 12.3. The minimum Gasteiger partial charge on any atom is -0.324 e. The van der Waals surface area contributed by atoms with E-state index in [-0.39, 0.29) is 11.7 Å². The van der Waals surface area contributed by atoms with Gasteiger partial charge in [-0.05, 0) is 49.2 Å². The maximum absolute atomic E-state index is 12.3. The quantitative estimate of drug-likeness (QED) is 0.503. The van der Waals surface area contributed by atoms with Crippen molar-refractivity contribution in [1.29, 1.82) is 0 Å². The molecule has 3 rings (SSSR count).